The summed E-state index contributed by atoms with van der Waals surface area (Å²) >= 11 is 1.67. The van der Waals surface area contributed by atoms with Crippen molar-refractivity contribution in [1.29, 1.82) is 0 Å². The minimum Gasteiger partial charge on any atom is -0.338 e. The van der Waals surface area contributed by atoms with E-state index >= 15 is 0 Å². The first-order valence-corrected chi connectivity index (χ1v) is 7.71. The van der Waals surface area contributed by atoms with Crippen LogP contribution in [0.5, 0.6) is 0 Å². The molecule has 0 saturated heterocycles. The molecule has 1 rings (SSSR count). The molecular formula is C14H23N3O2S. The molecule has 3 amide bonds. The molecule has 0 aromatic carbocycles. The fourth-order valence-corrected chi connectivity index (χ4v) is 2.56. The number of hydrogen-bond donors (Lipinski definition) is 2. The molecule has 1 aromatic heterocycles. The predicted molar refractivity (Wildman–Crippen MR) is 81.9 cm³/mol. The van der Waals surface area contributed by atoms with Gasteiger partial charge in [0.05, 0.1) is 6.04 Å². The van der Waals surface area contributed by atoms with E-state index in [2.05, 4.69) is 29.0 Å². The van der Waals surface area contributed by atoms with Crippen LogP contribution in [0.4, 0.5) is 4.79 Å². The largest absolute Gasteiger partial charge is 0.338 e. The van der Waals surface area contributed by atoms with Crippen molar-refractivity contribution in [3.05, 3.63) is 22.4 Å². The van der Waals surface area contributed by atoms with E-state index in [9.17, 15) is 9.59 Å². The molecular weight excluding hydrogens is 274 g/mol. The van der Waals surface area contributed by atoms with Crippen LogP contribution in [-0.2, 0) is 11.2 Å². The average molecular weight is 297 g/mol. The normalized spacial score (nSPS) is 13.8. The molecule has 0 aliphatic heterocycles. The number of nitrogens with zero attached hydrogens (tertiary/aromatic N) is 1. The first-order chi connectivity index (χ1) is 9.45. The van der Waals surface area contributed by atoms with E-state index in [1.807, 2.05) is 24.3 Å². The van der Waals surface area contributed by atoms with Gasteiger partial charge in [-0.1, -0.05) is 0 Å². The molecule has 1 aromatic rings. The van der Waals surface area contributed by atoms with Crippen LogP contribution in [0.25, 0.3) is 0 Å². The molecule has 6 heteroatoms. The molecule has 0 spiro atoms. The molecule has 0 bridgehead atoms. The third-order valence-corrected chi connectivity index (χ3v) is 4.10. The minimum atomic E-state index is -0.441. The molecule has 1 heterocycles. The summed E-state index contributed by atoms with van der Waals surface area (Å²) in [5.74, 6) is -0.282. The third kappa shape index (κ3) is 4.94. The topological polar surface area (TPSA) is 61.4 Å². The Balaban J connectivity index is 2.50. The lowest BCUT2D eigenvalue weighted by atomic mass is 10.1. The van der Waals surface area contributed by atoms with Gasteiger partial charge in [-0.15, -0.1) is 0 Å². The SMILES string of the molecule is CCNC(=O)NC(=O)[C@H](C)N(C)[C@@H](C)Cc1ccsc1. The van der Waals surface area contributed by atoms with Gasteiger partial charge in [0.1, 0.15) is 0 Å². The number of carbonyl (C=O) groups is 2. The highest BCUT2D eigenvalue weighted by atomic mass is 32.1. The van der Waals surface area contributed by atoms with Gasteiger partial charge >= 0.3 is 6.03 Å². The van der Waals surface area contributed by atoms with Crippen LogP contribution in [0.15, 0.2) is 16.8 Å². The molecule has 5 nitrogen and oxygen atoms in total. The zero-order valence-electron chi connectivity index (χ0n) is 12.5. The van der Waals surface area contributed by atoms with Crippen molar-refractivity contribution in [3.63, 3.8) is 0 Å². The van der Waals surface area contributed by atoms with Crippen molar-refractivity contribution in [2.45, 2.75) is 39.3 Å². The zero-order chi connectivity index (χ0) is 15.1. The monoisotopic (exact) mass is 297 g/mol. The standard InChI is InChI=1S/C14H23N3O2S/c1-5-15-14(19)16-13(18)11(3)17(4)10(2)8-12-6-7-20-9-12/h6-7,9-11H,5,8H2,1-4H3,(H2,15,16,18,19)/t10-,11-/m0/s1. The highest BCUT2D eigenvalue weighted by Gasteiger charge is 2.23. The Morgan fingerprint density at radius 1 is 1.40 bits per heavy atom. The van der Waals surface area contributed by atoms with Gasteiger partial charge in [0.15, 0.2) is 0 Å². The van der Waals surface area contributed by atoms with Crippen molar-refractivity contribution in [2.75, 3.05) is 13.6 Å². The zero-order valence-corrected chi connectivity index (χ0v) is 13.3. The molecule has 0 aliphatic rings. The smallest absolute Gasteiger partial charge is 0.321 e. The first kappa shape index (κ1) is 16.7. The van der Waals surface area contributed by atoms with Crippen LogP contribution in [0.2, 0.25) is 0 Å². The van der Waals surface area contributed by atoms with Gasteiger partial charge in [-0.25, -0.2) is 4.79 Å². The fraction of sp³-hybridized carbons (Fsp3) is 0.571. The van der Waals surface area contributed by atoms with E-state index < -0.39 is 6.03 Å². The Labute approximate surface area is 124 Å². The number of urea groups is 1. The molecule has 20 heavy (non-hydrogen) atoms. The van der Waals surface area contributed by atoms with Crippen LogP contribution in [0, 0.1) is 0 Å². The molecule has 0 radical (unpaired) electrons. The van der Waals surface area contributed by atoms with Crippen molar-refractivity contribution in [2.24, 2.45) is 0 Å². The maximum Gasteiger partial charge on any atom is 0.321 e. The lowest BCUT2D eigenvalue weighted by Gasteiger charge is -2.29. The van der Waals surface area contributed by atoms with Gasteiger partial charge in [-0.2, -0.15) is 11.3 Å². The molecule has 0 unspecified atom stereocenters. The van der Waals surface area contributed by atoms with E-state index in [0.717, 1.165) is 6.42 Å². The molecule has 0 aliphatic carbocycles. The Kier molecular flexibility index (Phi) is 6.67. The third-order valence-electron chi connectivity index (χ3n) is 3.37. The van der Waals surface area contributed by atoms with Crippen LogP contribution < -0.4 is 10.6 Å². The Hall–Kier alpha value is -1.40. The highest BCUT2D eigenvalue weighted by molar-refractivity contribution is 7.07. The fourth-order valence-electron chi connectivity index (χ4n) is 1.88. The van der Waals surface area contributed by atoms with Crippen molar-refractivity contribution < 1.29 is 9.59 Å². The van der Waals surface area contributed by atoms with Gasteiger partial charge in [0.2, 0.25) is 5.91 Å². The molecule has 0 fully saturated rings. The Bertz CT molecular complexity index is 434. The number of carbonyl (C=O) groups excluding carboxylic acids is 2. The number of imide groups is 1. The number of thiophene rings is 1. The Morgan fingerprint density at radius 2 is 2.10 bits per heavy atom. The maximum absolute atomic E-state index is 12.0. The van der Waals surface area contributed by atoms with Gasteiger partial charge in [-0.3, -0.25) is 15.0 Å². The average Bonchev–Trinajstić information content (AvgIpc) is 2.89. The van der Waals surface area contributed by atoms with Crippen molar-refractivity contribution in [3.8, 4) is 0 Å². The van der Waals surface area contributed by atoms with E-state index in [4.69, 9.17) is 0 Å². The van der Waals surface area contributed by atoms with Crippen molar-refractivity contribution >= 4 is 23.3 Å². The summed E-state index contributed by atoms with van der Waals surface area (Å²) in [4.78, 5) is 25.3. The second-order valence-corrected chi connectivity index (χ2v) is 5.65. The van der Waals surface area contributed by atoms with E-state index in [1.165, 1.54) is 5.56 Å². The number of nitrogens with one attached hydrogen (secondary N) is 2. The molecule has 112 valence electrons. The van der Waals surface area contributed by atoms with Crippen LogP contribution in [0.1, 0.15) is 26.3 Å². The number of hydrogen-bond acceptors (Lipinski definition) is 4. The summed E-state index contributed by atoms with van der Waals surface area (Å²) in [5.41, 5.74) is 1.27. The van der Waals surface area contributed by atoms with Gasteiger partial charge in [0, 0.05) is 12.6 Å². The number of amides is 3. The number of likely N-dealkylation sites (N-methyl/N-ethyl adjacent to an activating group) is 1. The van der Waals surface area contributed by atoms with E-state index in [0.29, 0.717) is 6.54 Å². The molecule has 2 N–H and O–H groups in total. The lowest BCUT2D eigenvalue weighted by Crippen LogP contribution is -2.51. The van der Waals surface area contributed by atoms with Gasteiger partial charge in [-0.05, 0) is 56.6 Å². The molecule has 0 saturated carbocycles. The summed E-state index contributed by atoms with van der Waals surface area (Å²) in [5, 5.41) is 9.06. The number of rotatable bonds is 6. The van der Waals surface area contributed by atoms with Crippen LogP contribution in [0.3, 0.4) is 0 Å². The van der Waals surface area contributed by atoms with Gasteiger partial charge < -0.3 is 5.32 Å². The second-order valence-electron chi connectivity index (χ2n) is 4.87. The van der Waals surface area contributed by atoms with Crippen molar-refractivity contribution in [1.82, 2.24) is 15.5 Å². The lowest BCUT2D eigenvalue weighted by molar-refractivity contribution is -0.124. The van der Waals surface area contributed by atoms with E-state index in [1.54, 1.807) is 18.3 Å². The summed E-state index contributed by atoms with van der Waals surface area (Å²) in [6, 6.07) is 1.52. The Morgan fingerprint density at radius 3 is 2.65 bits per heavy atom. The minimum absolute atomic E-state index is 0.222. The summed E-state index contributed by atoms with van der Waals surface area (Å²) < 4.78 is 0. The van der Waals surface area contributed by atoms with Crippen LogP contribution >= 0.6 is 11.3 Å². The predicted octanol–water partition coefficient (Wildman–Crippen LogP) is 1.85. The van der Waals surface area contributed by atoms with Gasteiger partial charge in [0.25, 0.3) is 0 Å². The van der Waals surface area contributed by atoms with Crippen LogP contribution in [-0.4, -0.2) is 42.5 Å². The van der Waals surface area contributed by atoms with E-state index in [-0.39, 0.29) is 18.0 Å². The maximum atomic E-state index is 12.0. The quantitative estimate of drug-likeness (QED) is 0.842. The molecule has 2 atom stereocenters. The second kappa shape index (κ2) is 8.01. The summed E-state index contributed by atoms with van der Waals surface area (Å²) in [6.45, 7) is 6.19. The summed E-state index contributed by atoms with van der Waals surface area (Å²) in [7, 11) is 1.90. The first-order valence-electron chi connectivity index (χ1n) is 6.77. The highest BCUT2D eigenvalue weighted by Crippen LogP contribution is 2.13. The summed E-state index contributed by atoms with van der Waals surface area (Å²) in [6.07, 6.45) is 0.888.